The Hall–Kier alpha value is -3.46. The van der Waals surface area contributed by atoms with Gasteiger partial charge in [0.25, 0.3) is 0 Å². The first-order chi connectivity index (χ1) is 16.1. The van der Waals surface area contributed by atoms with Crippen molar-refractivity contribution in [3.05, 3.63) is 48.0 Å². The summed E-state index contributed by atoms with van der Waals surface area (Å²) < 4.78 is 0. The van der Waals surface area contributed by atoms with Crippen molar-refractivity contribution in [2.24, 2.45) is 11.8 Å². The third-order valence-electron chi connectivity index (χ3n) is 5.57. The summed E-state index contributed by atoms with van der Waals surface area (Å²) in [6, 6.07) is 11.8. The van der Waals surface area contributed by atoms with Crippen LogP contribution in [0.4, 0.5) is 0 Å². The molecule has 0 heterocycles. The van der Waals surface area contributed by atoms with Gasteiger partial charge in [0.15, 0.2) is 0 Å². The lowest BCUT2D eigenvalue weighted by atomic mass is 9.92. The van der Waals surface area contributed by atoms with E-state index in [0.29, 0.717) is 6.42 Å². The number of likely N-dealkylation sites (N-methyl/N-ethyl adjacent to an activating group) is 1. The lowest BCUT2D eigenvalue weighted by Gasteiger charge is -2.24. The van der Waals surface area contributed by atoms with Crippen LogP contribution in [0.15, 0.2) is 42.5 Å². The zero-order valence-corrected chi connectivity index (χ0v) is 20.1. The number of rotatable bonds is 11. The normalized spacial score (nSPS) is 13.6. The molecule has 4 amide bonds. The molecule has 1 unspecified atom stereocenters. The lowest BCUT2D eigenvalue weighted by Crippen LogP contribution is -2.54. The van der Waals surface area contributed by atoms with Crippen molar-refractivity contribution in [1.29, 1.82) is 0 Å². The third kappa shape index (κ3) is 7.84. The monoisotopic (exact) mass is 470 g/mol. The largest absolute Gasteiger partial charge is 0.357 e. The van der Waals surface area contributed by atoms with Crippen LogP contribution in [0.3, 0.4) is 0 Å². The summed E-state index contributed by atoms with van der Waals surface area (Å²) in [5.74, 6) is -2.62. The van der Waals surface area contributed by atoms with Crippen molar-refractivity contribution in [3.63, 3.8) is 0 Å². The van der Waals surface area contributed by atoms with Crippen molar-refractivity contribution < 1.29 is 24.4 Å². The molecule has 2 rings (SSSR count). The Bertz CT molecular complexity index is 1020. The summed E-state index contributed by atoms with van der Waals surface area (Å²) in [7, 11) is 1.47. The fourth-order valence-electron chi connectivity index (χ4n) is 3.82. The lowest BCUT2D eigenvalue weighted by molar-refractivity contribution is -0.137. The summed E-state index contributed by atoms with van der Waals surface area (Å²) in [5, 5.41) is 18.8. The van der Waals surface area contributed by atoms with Crippen LogP contribution in [0.5, 0.6) is 0 Å². The summed E-state index contributed by atoms with van der Waals surface area (Å²) >= 11 is 0. The second kappa shape index (κ2) is 12.7. The Kier molecular flexibility index (Phi) is 10.0. The van der Waals surface area contributed by atoms with E-state index in [4.69, 9.17) is 5.21 Å². The molecule has 2 aromatic rings. The molecule has 3 atom stereocenters. The van der Waals surface area contributed by atoms with E-state index in [2.05, 4.69) is 16.0 Å². The van der Waals surface area contributed by atoms with Gasteiger partial charge in [-0.05, 0) is 35.6 Å². The SMILES string of the molecule is CNC(=O)[C@H](C)NC(=O)[C@H](Cc1ccc2ccccc2c1)NC(=O)C(CC(=O)NO)CC(C)C. The summed E-state index contributed by atoms with van der Waals surface area (Å²) in [6.45, 7) is 5.39. The van der Waals surface area contributed by atoms with Gasteiger partial charge in [-0.2, -0.15) is 0 Å². The molecule has 0 aromatic heterocycles. The van der Waals surface area contributed by atoms with E-state index in [-0.39, 0.29) is 24.7 Å². The van der Waals surface area contributed by atoms with Gasteiger partial charge in [0.05, 0.1) is 0 Å². The number of hydrogen-bond donors (Lipinski definition) is 5. The first-order valence-corrected chi connectivity index (χ1v) is 11.4. The van der Waals surface area contributed by atoms with Gasteiger partial charge in [-0.3, -0.25) is 24.4 Å². The summed E-state index contributed by atoms with van der Waals surface area (Å²) in [4.78, 5) is 49.8. The predicted octanol–water partition coefficient (Wildman–Crippen LogP) is 1.68. The second-order valence-corrected chi connectivity index (χ2v) is 8.86. The average molecular weight is 471 g/mol. The minimum Gasteiger partial charge on any atom is -0.357 e. The van der Waals surface area contributed by atoms with E-state index in [9.17, 15) is 19.2 Å². The van der Waals surface area contributed by atoms with Gasteiger partial charge in [0.1, 0.15) is 12.1 Å². The maximum Gasteiger partial charge on any atom is 0.244 e. The van der Waals surface area contributed by atoms with Gasteiger partial charge >= 0.3 is 0 Å². The van der Waals surface area contributed by atoms with E-state index in [1.165, 1.54) is 7.05 Å². The number of hydroxylamine groups is 1. The minimum atomic E-state index is -0.965. The van der Waals surface area contributed by atoms with Crippen molar-refractivity contribution in [1.82, 2.24) is 21.4 Å². The number of hydrogen-bond acceptors (Lipinski definition) is 5. The summed E-state index contributed by atoms with van der Waals surface area (Å²) in [5.41, 5.74) is 2.39. The molecule has 184 valence electrons. The van der Waals surface area contributed by atoms with E-state index in [0.717, 1.165) is 16.3 Å². The highest BCUT2D eigenvalue weighted by molar-refractivity contribution is 5.93. The fraction of sp³-hybridized carbons (Fsp3) is 0.440. The van der Waals surface area contributed by atoms with Crippen molar-refractivity contribution in [2.75, 3.05) is 7.05 Å². The molecule has 0 radical (unpaired) electrons. The zero-order valence-electron chi connectivity index (χ0n) is 20.1. The fourth-order valence-corrected chi connectivity index (χ4v) is 3.82. The van der Waals surface area contributed by atoms with E-state index in [1.807, 2.05) is 56.3 Å². The summed E-state index contributed by atoms with van der Waals surface area (Å²) in [6.07, 6.45) is 0.390. The maximum absolute atomic E-state index is 13.1. The highest BCUT2D eigenvalue weighted by atomic mass is 16.5. The van der Waals surface area contributed by atoms with Crippen LogP contribution in [0, 0.1) is 11.8 Å². The molecule has 0 fully saturated rings. The third-order valence-corrected chi connectivity index (χ3v) is 5.57. The van der Waals surface area contributed by atoms with E-state index in [1.54, 1.807) is 12.4 Å². The first kappa shape index (κ1) is 26.8. The molecular formula is C25H34N4O5. The Balaban J connectivity index is 2.28. The van der Waals surface area contributed by atoms with Crippen LogP contribution in [-0.4, -0.2) is 48.0 Å². The number of fused-ring (bicyclic) bond motifs is 1. The Labute approximate surface area is 199 Å². The molecular weight excluding hydrogens is 436 g/mol. The highest BCUT2D eigenvalue weighted by Gasteiger charge is 2.29. The van der Waals surface area contributed by atoms with Gasteiger partial charge in [-0.15, -0.1) is 0 Å². The van der Waals surface area contributed by atoms with Crippen molar-refractivity contribution in [2.45, 2.75) is 52.1 Å². The molecule has 5 N–H and O–H groups in total. The molecule has 0 saturated carbocycles. The molecule has 0 aliphatic heterocycles. The molecule has 0 bridgehead atoms. The first-order valence-electron chi connectivity index (χ1n) is 11.4. The van der Waals surface area contributed by atoms with Gasteiger partial charge in [0, 0.05) is 25.8 Å². The van der Waals surface area contributed by atoms with Crippen LogP contribution < -0.4 is 21.4 Å². The molecule has 34 heavy (non-hydrogen) atoms. The number of amides is 4. The molecule has 2 aromatic carbocycles. The molecule has 0 aliphatic carbocycles. The minimum absolute atomic E-state index is 0.114. The quantitative estimate of drug-likeness (QED) is 0.251. The zero-order chi connectivity index (χ0) is 25.3. The van der Waals surface area contributed by atoms with Crippen LogP contribution in [0.25, 0.3) is 10.8 Å². The van der Waals surface area contributed by atoms with E-state index >= 15 is 0 Å². The van der Waals surface area contributed by atoms with Gasteiger partial charge in [0.2, 0.25) is 23.6 Å². The number of carbonyl (C=O) groups is 4. The Morgan fingerprint density at radius 2 is 1.56 bits per heavy atom. The number of benzene rings is 2. The molecule has 0 aliphatic rings. The maximum atomic E-state index is 13.1. The highest BCUT2D eigenvalue weighted by Crippen LogP contribution is 2.19. The van der Waals surface area contributed by atoms with Crippen LogP contribution >= 0.6 is 0 Å². The van der Waals surface area contributed by atoms with Crippen LogP contribution in [0.1, 0.15) is 39.2 Å². The standard InChI is InChI=1S/C25H34N4O5/c1-15(2)11-20(14-22(30)29-34)24(32)28-21(25(33)27-16(3)23(31)26-4)13-17-9-10-18-7-5-6-8-19(18)12-17/h5-10,12,15-16,20-21,34H,11,13-14H2,1-4H3,(H,26,31)(H,27,33)(H,28,32)(H,29,30)/t16-,20?,21-/m0/s1. The van der Waals surface area contributed by atoms with Crippen LogP contribution in [0.2, 0.25) is 0 Å². The van der Waals surface area contributed by atoms with E-state index < -0.39 is 35.7 Å². The molecule has 0 spiro atoms. The van der Waals surface area contributed by atoms with Gasteiger partial charge in [-0.1, -0.05) is 56.3 Å². The topological polar surface area (TPSA) is 137 Å². The Morgan fingerprint density at radius 3 is 2.18 bits per heavy atom. The Morgan fingerprint density at radius 1 is 0.882 bits per heavy atom. The number of nitrogens with one attached hydrogen (secondary N) is 4. The predicted molar refractivity (Wildman–Crippen MR) is 129 cm³/mol. The van der Waals surface area contributed by atoms with Crippen LogP contribution in [-0.2, 0) is 25.6 Å². The van der Waals surface area contributed by atoms with Gasteiger partial charge in [-0.25, -0.2) is 5.48 Å². The average Bonchev–Trinajstić information content (AvgIpc) is 2.81. The van der Waals surface area contributed by atoms with Crippen molar-refractivity contribution in [3.8, 4) is 0 Å². The smallest absolute Gasteiger partial charge is 0.244 e. The van der Waals surface area contributed by atoms with Crippen molar-refractivity contribution >= 4 is 34.4 Å². The number of carbonyl (C=O) groups excluding carboxylic acids is 4. The second-order valence-electron chi connectivity index (χ2n) is 8.86. The molecule has 9 heteroatoms. The molecule has 9 nitrogen and oxygen atoms in total. The van der Waals surface area contributed by atoms with Gasteiger partial charge < -0.3 is 16.0 Å². The molecule has 0 saturated heterocycles.